The van der Waals surface area contributed by atoms with E-state index in [0.29, 0.717) is 0 Å². The summed E-state index contributed by atoms with van der Waals surface area (Å²) >= 11 is 0. The second kappa shape index (κ2) is 5.44. The molecule has 1 aromatic rings. The molecule has 0 spiro atoms. The van der Waals surface area contributed by atoms with E-state index >= 15 is 0 Å². The Bertz CT molecular complexity index is 339. The van der Waals surface area contributed by atoms with Crippen molar-refractivity contribution < 1.29 is 0 Å². The molecule has 1 heterocycles. The van der Waals surface area contributed by atoms with E-state index in [0.717, 1.165) is 36.6 Å². The molecular weight excluding hydrogens is 188 g/mol. The first-order chi connectivity index (χ1) is 7.20. The van der Waals surface area contributed by atoms with Crippen LogP contribution in [0.2, 0.25) is 0 Å². The summed E-state index contributed by atoms with van der Waals surface area (Å²) in [5.41, 5.74) is 7.71. The van der Waals surface area contributed by atoms with Crippen LogP contribution in [0.1, 0.15) is 26.0 Å². The molecule has 0 aliphatic heterocycles. The van der Waals surface area contributed by atoms with E-state index in [-0.39, 0.29) is 0 Å². The summed E-state index contributed by atoms with van der Waals surface area (Å²) in [4.78, 5) is 0. The lowest BCUT2D eigenvalue weighted by atomic mass is 10.3. The highest BCUT2D eigenvalue weighted by atomic mass is 15.3. The van der Waals surface area contributed by atoms with Gasteiger partial charge in [-0.15, -0.1) is 0 Å². The molecule has 0 amide bonds. The van der Waals surface area contributed by atoms with Crippen LogP contribution in [0.25, 0.3) is 0 Å². The number of aryl methyl sites for hydroxylation is 2. The van der Waals surface area contributed by atoms with Gasteiger partial charge in [0, 0.05) is 13.6 Å². The molecule has 0 saturated carbocycles. The molecule has 1 rings (SSSR count). The van der Waals surface area contributed by atoms with Gasteiger partial charge in [0.1, 0.15) is 5.82 Å². The number of nitrogens with zero attached hydrogens (tertiary/aromatic N) is 2. The van der Waals surface area contributed by atoms with Crippen molar-refractivity contribution in [1.29, 1.82) is 0 Å². The smallest absolute Gasteiger partial charge is 0.147 e. The SMILES string of the molecule is C/C=C/CCNc1c(N)c(CC)nn1C. The Hall–Kier alpha value is -1.45. The number of aromatic nitrogens is 2. The van der Waals surface area contributed by atoms with E-state index in [1.54, 1.807) is 0 Å². The van der Waals surface area contributed by atoms with Crippen molar-refractivity contribution in [3.8, 4) is 0 Å². The maximum absolute atomic E-state index is 5.97. The van der Waals surface area contributed by atoms with Gasteiger partial charge in [0.15, 0.2) is 0 Å². The molecule has 0 aromatic carbocycles. The maximum atomic E-state index is 5.97. The number of anilines is 2. The molecule has 4 heteroatoms. The molecule has 1 aromatic heterocycles. The third-order valence-electron chi connectivity index (χ3n) is 2.33. The minimum absolute atomic E-state index is 0.778. The van der Waals surface area contributed by atoms with Crippen LogP contribution in [0.3, 0.4) is 0 Å². The summed E-state index contributed by atoms with van der Waals surface area (Å²) in [6.07, 6.45) is 6.05. The van der Waals surface area contributed by atoms with Gasteiger partial charge in [0.2, 0.25) is 0 Å². The monoisotopic (exact) mass is 208 g/mol. The van der Waals surface area contributed by atoms with Gasteiger partial charge in [-0.2, -0.15) is 5.10 Å². The fraction of sp³-hybridized carbons (Fsp3) is 0.545. The van der Waals surface area contributed by atoms with E-state index in [1.807, 2.05) is 24.7 Å². The van der Waals surface area contributed by atoms with E-state index in [4.69, 9.17) is 5.73 Å². The average molecular weight is 208 g/mol. The molecule has 0 atom stereocenters. The Kier molecular flexibility index (Phi) is 4.21. The third-order valence-corrected chi connectivity index (χ3v) is 2.33. The van der Waals surface area contributed by atoms with Crippen LogP contribution >= 0.6 is 0 Å². The Morgan fingerprint density at radius 1 is 1.53 bits per heavy atom. The van der Waals surface area contributed by atoms with Gasteiger partial charge in [-0.05, 0) is 19.8 Å². The van der Waals surface area contributed by atoms with E-state index in [2.05, 4.69) is 23.4 Å². The van der Waals surface area contributed by atoms with Crippen LogP contribution in [0.5, 0.6) is 0 Å². The summed E-state index contributed by atoms with van der Waals surface area (Å²) in [5.74, 6) is 0.927. The number of nitrogens with two attached hydrogens (primary N) is 1. The lowest BCUT2D eigenvalue weighted by Crippen LogP contribution is -2.07. The third kappa shape index (κ3) is 2.75. The van der Waals surface area contributed by atoms with Gasteiger partial charge >= 0.3 is 0 Å². The molecule has 0 unspecified atom stereocenters. The molecule has 15 heavy (non-hydrogen) atoms. The Morgan fingerprint density at radius 2 is 2.27 bits per heavy atom. The quantitative estimate of drug-likeness (QED) is 0.574. The number of nitrogen functional groups attached to an aromatic ring is 1. The van der Waals surface area contributed by atoms with Crippen LogP contribution in [0.4, 0.5) is 11.5 Å². The number of allylic oxidation sites excluding steroid dienone is 1. The molecule has 0 radical (unpaired) electrons. The number of hydrogen-bond acceptors (Lipinski definition) is 3. The molecular formula is C11H20N4. The Morgan fingerprint density at radius 3 is 2.80 bits per heavy atom. The van der Waals surface area contributed by atoms with Gasteiger partial charge in [-0.25, -0.2) is 0 Å². The molecule has 0 aliphatic carbocycles. The first kappa shape index (κ1) is 11.6. The number of hydrogen-bond donors (Lipinski definition) is 2. The zero-order chi connectivity index (χ0) is 11.3. The topological polar surface area (TPSA) is 55.9 Å². The Labute approximate surface area is 91.2 Å². The predicted molar refractivity (Wildman–Crippen MR) is 64.9 cm³/mol. The molecule has 0 fully saturated rings. The fourth-order valence-electron chi connectivity index (χ4n) is 1.51. The van der Waals surface area contributed by atoms with Crippen LogP contribution in [0.15, 0.2) is 12.2 Å². The van der Waals surface area contributed by atoms with Crippen molar-refractivity contribution in [1.82, 2.24) is 9.78 Å². The highest BCUT2D eigenvalue weighted by Gasteiger charge is 2.10. The van der Waals surface area contributed by atoms with Crippen molar-refractivity contribution in [2.24, 2.45) is 7.05 Å². The lowest BCUT2D eigenvalue weighted by molar-refractivity contribution is 0.747. The largest absolute Gasteiger partial charge is 0.394 e. The van der Waals surface area contributed by atoms with Crippen molar-refractivity contribution in [3.63, 3.8) is 0 Å². The van der Waals surface area contributed by atoms with Crippen molar-refractivity contribution in [2.45, 2.75) is 26.7 Å². The van der Waals surface area contributed by atoms with Crippen LogP contribution in [0, 0.1) is 0 Å². The summed E-state index contributed by atoms with van der Waals surface area (Å²) in [5, 5.41) is 7.63. The molecule has 0 aliphatic rings. The minimum atomic E-state index is 0.778. The van der Waals surface area contributed by atoms with Gasteiger partial charge in [-0.3, -0.25) is 4.68 Å². The van der Waals surface area contributed by atoms with Crippen LogP contribution < -0.4 is 11.1 Å². The van der Waals surface area contributed by atoms with Gasteiger partial charge in [0.05, 0.1) is 11.4 Å². The second-order valence-corrected chi connectivity index (χ2v) is 3.47. The van der Waals surface area contributed by atoms with E-state index in [1.165, 1.54) is 0 Å². The first-order valence-corrected chi connectivity index (χ1v) is 5.37. The summed E-state index contributed by atoms with van der Waals surface area (Å²) in [6.45, 7) is 4.97. The highest BCUT2D eigenvalue weighted by molar-refractivity contribution is 5.64. The van der Waals surface area contributed by atoms with Gasteiger partial charge in [-0.1, -0.05) is 19.1 Å². The number of nitrogens with one attached hydrogen (secondary N) is 1. The van der Waals surface area contributed by atoms with Gasteiger partial charge in [0.25, 0.3) is 0 Å². The first-order valence-electron chi connectivity index (χ1n) is 5.37. The minimum Gasteiger partial charge on any atom is -0.394 e. The zero-order valence-electron chi connectivity index (χ0n) is 9.75. The van der Waals surface area contributed by atoms with Crippen LogP contribution in [-0.4, -0.2) is 16.3 Å². The van der Waals surface area contributed by atoms with Crippen molar-refractivity contribution in [3.05, 3.63) is 17.8 Å². The fourth-order valence-corrected chi connectivity index (χ4v) is 1.51. The summed E-state index contributed by atoms with van der Waals surface area (Å²) < 4.78 is 1.81. The standard InChI is InChI=1S/C11H20N4/c1-4-6-7-8-13-11-10(12)9(5-2)14-15(11)3/h4,6,13H,5,7-8,12H2,1-3H3/b6-4+. The second-order valence-electron chi connectivity index (χ2n) is 3.47. The average Bonchev–Trinajstić information content (AvgIpc) is 2.50. The molecule has 0 bridgehead atoms. The predicted octanol–water partition coefficient (Wildman–Crippen LogP) is 1.94. The molecule has 3 N–H and O–H groups in total. The molecule has 84 valence electrons. The summed E-state index contributed by atoms with van der Waals surface area (Å²) in [7, 11) is 1.91. The van der Waals surface area contributed by atoms with Crippen molar-refractivity contribution >= 4 is 11.5 Å². The zero-order valence-corrected chi connectivity index (χ0v) is 9.75. The molecule has 4 nitrogen and oxygen atoms in total. The molecule has 0 saturated heterocycles. The van der Waals surface area contributed by atoms with Gasteiger partial charge < -0.3 is 11.1 Å². The highest BCUT2D eigenvalue weighted by Crippen LogP contribution is 2.21. The van der Waals surface area contributed by atoms with Crippen molar-refractivity contribution in [2.75, 3.05) is 17.6 Å². The van der Waals surface area contributed by atoms with E-state index < -0.39 is 0 Å². The lowest BCUT2D eigenvalue weighted by Gasteiger charge is -2.05. The number of rotatable bonds is 5. The maximum Gasteiger partial charge on any atom is 0.147 e. The Balaban J connectivity index is 2.64. The summed E-state index contributed by atoms with van der Waals surface area (Å²) in [6, 6.07) is 0. The van der Waals surface area contributed by atoms with Crippen LogP contribution in [-0.2, 0) is 13.5 Å². The normalized spacial score (nSPS) is 11.1. The van der Waals surface area contributed by atoms with E-state index in [9.17, 15) is 0 Å².